The van der Waals surface area contributed by atoms with Gasteiger partial charge in [0.05, 0.1) is 0 Å². The molecule has 1 atom stereocenters. The molecule has 102 valence electrons. The molecule has 0 heterocycles. The fraction of sp³-hybridized carbons (Fsp3) is 0.571. The van der Waals surface area contributed by atoms with E-state index in [1.165, 1.54) is 11.1 Å². The summed E-state index contributed by atoms with van der Waals surface area (Å²) in [5, 5.41) is 0. The maximum Gasteiger partial charge on any atom is 0.389 e. The molecule has 4 heteroatoms. The third-order valence-electron chi connectivity index (χ3n) is 2.92. The van der Waals surface area contributed by atoms with E-state index in [0.717, 1.165) is 12.8 Å². The van der Waals surface area contributed by atoms with Crippen LogP contribution in [0.1, 0.15) is 36.8 Å². The summed E-state index contributed by atoms with van der Waals surface area (Å²) in [6.07, 6.45) is -2.67. The largest absolute Gasteiger partial charge is 0.389 e. The zero-order valence-electron chi connectivity index (χ0n) is 10.6. The summed E-state index contributed by atoms with van der Waals surface area (Å²) >= 11 is 0. The monoisotopic (exact) mass is 259 g/mol. The van der Waals surface area contributed by atoms with Crippen LogP contribution >= 0.6 is 0 Å². The molecule has 0 saturated heterocycles. The Hall–Kier alpha value is -1.03. The summed E-state index contributed by atoms with van der Waals surface area (Å²) in [6, 6.07) is 7.97. The fourth-order valence-electron chi connectivity index (χ4n) is 1.93. The van der Waals surface area contributed by atoms with Crippen molar-refractivity contribution in [2.75, 3.05) is 0 Å². The number of benzene rings is 1. The molecule has 1 nitrogen and oxygen atoms in total. The molecule has 0 fully saturated rings. The molecule has 0 amide bonds. The Morgan fingerprint density at radius 2 is 1.94 bits per heavy atom. The SMILES string of the molecule is Cc1cccc(CCC(N)CCCC(F)(F)F)c1. The van der Waals surface area contributed by atoms with Crippen LogP contribution in [-0.2, 0) is 6.42 Å². The van der Waals surface area contributed by atoms with Crippen molar-refractivity contribution in [3.8, 4) is 0 Å². The molecule has 0 bridgehead atoms. The van der Waals surface area contributed by atoms with Crippen LogP contribution < -0.4 is 5.73 Å². The van der Waals surface area contributed by atoms with Crippen LogP contribution in [0.15, 0.2) is 24.3 Å². The molecular formula is C14H20F3N. The summed E-state index contributed by atoms with van der Waals surface area (Å²) in [5.74, 6) is 0. The highest BCUT2D eigenvalue weighted by atomic mass is 19.4. The van der Waals surface area contributed by atoms with Crippen LogP contribution in [0.4, 0.5) is 13.2 Å². The standard InChI is InChI=1S/C14H20F3N/c1-11-4-2-5-12(10-11)7-8-13(18)6-3-9-14(15,16)17/h2,4-5,10,13H,3,6-9,18H2,1H3. The second-order valence-electron chi connectivity index (χ2n) is 4.80. The van der Waals surface area contributed by atoms with Crippen molar-refractivity contribution in [2.24, 2.45) is 5.73 Å². The van der Waals surface area contributed by atoms with Crippen molar-refractivity contribution in [1.82, 2.24) is 0 Å². The molecule has 0 aliphatic rings. The molecule has 0 aliphatic heterocycles. The Morgan fingerprint density at radius 3 is 2.56 bits per heavy atom. The third kappa shape index (κ3) is 6.64. The van der Waals surface area contributed by atoms with Gasteiger partial charge in [-0.1, -0.05) is 29.8 Å². The molecule has 0 aromatic heterocycles. The Balaban J connectivity index is 2.23. The van der Waals surface area contributed by atoms with E-state index in [1.807, 2.05) is 25.1 Å². The summed E-state index contributed by atoms with van der Waals surface area (Å²) in [7, 11) is 0. The van der Waals surface area contributed by atoms with E-state index in [0.29, 0.717) is 6.42 Å². The van der Waals surface area contributed by atoms with E-state index in [1.54, 1.807) is 0 Å². The van der Waals surface area contributed by atoms with Gasteiger partial charge in [0.15, 0.2) is 0 Å². The first-order chi connectivity index (χ1) is 8.37. The lowest BCUT2D eigenvalue weighted by Crippen LogP contribution is -2.21. The van der Waals surface area contributed by atoms with Crippen molar-refractivity contribution >= 4 is 0 Å². The lowest BCUT2D eigenvalue weighted by atomic mass is 10.0. The topological polar surface area (TPSA) is 26.0 Å². The number of hydrogen-bond acceptors (Lipinski definition) is 1. The average Bonchev–Trinajstić information content (AvgIpc) is 2.25. The van der Waals surface area contributed by atoms with E-state index in [2.05, 4.69) is 6.07 Å². The average molecular weight is 259 g/mol. The molecule has 1 aromatic rings. The van der Waals surface area contributed by atoms with Gasteiger partial charge in [-0.25, -0.2) is 0 Å². The minimum atomic E-state index is -4.06. The van der Waals surface area contributed by atoms with Crippen LogP contribution in [0.3, 0.4) is 0 Å². The van der Waals surface area contributed by atoms with Crippen LogP contribution in [0.2, 0.25) is 0 Å². The molecule has 1 aromatic carbocycles. The first-order valence-electron chi connectivity index (χ1n) is 6.25. The van der Waals surface area contributed by atoms with Crippen molar-refractivity contribution in [3.63, 3.8) is 0 Å². The van der Waals surface area contributed by atoms with Gasteiger partial charge in [-0.2, -0.15) is 13.2 Å². The number of aryl methyl sites for hydroxylation is 2. The molecule has 0 spiro atoms. The predicted molar refractivity (Wildman–Crippen MR) is 67.4 cm³/mol. The second-order valence-corrected chi connectivity index (χ2v) is 4.80. The Morgan fingerprint density at radius 1 is 1.22 bits per heavy atom. The van der Waals surface area contributed by atoms with Crippen molar-refractivity contribution in [2.45, 2.75) is 51.2 Å². The minimum absolute atomic E-state index is 0.123. The molecule has 2 N–H and O–H groups in total. The van der Waals surface area contributed by atoms with Gasteiger partial charge in [-0.05, 0) is 38.2 Å². The van der Waals surface area contributed by atoms with Crippen LogP contribution in [0, 0.1) is 6.92 Å². The molecule has 0 saturated carbocycles. The van der Waals surface area contributed by atoms with Gasteiger partial charge in [0.25, 0.3) is 0 Å². The predicted octanol–water partition coefficient (Wildman–Crippen LogP) is 3.99. The molecule has 0 aliphatic carbocycles. The molecule has 0 radical (unpaired) electrons. The molecule has 1 unspecified atom stereocenters. The number of hydrogen-bond donors (Lipinski definition) is 1. The molecule has 18 heavy (non-hydrogen) atoms. The van der Waals surface area contributed by atoms with E-state index in [-0.39, 0.29) is 12.5 Å². The maximum atomic E-state index is 12.0. The highest BCUT2D eigenvalue weighted by Gasteiger charge is 2.26. The lowest BCUT2D eigenvalue weighted by Gasteiger charge is -2.12. The third-order valence-corrected chi connectivity index (χ3v) is 2.92. The highest BCUT2D eigenvalue weighted by Crippen LogP contribution is 2.23. The van der Waals surface area contributed by atoms with Crippen LogP contribution in [-0.4, -0.2) is 12.2 Å². The van der Waals surface area contributed by atoms with E-state index < -0.39 is 12.6 Å². The van der Waals surface area contributed by atoms with E-state index in [9.17, 15) is 13.2 Å². The smallest absolute Gasteiger partial charge is 0.328 e. The van der Waals surface area contributed by atoms with E-state index >= 15 is 0 Å². The fourth-order valence-corrected chi connectivity index (χ4v) is 1.93. The second kappa shape index (κ2) is 6.78. The number of rotatable bonds is 6. The van der Waals surface area contributed by atoms with Gasteiger partial charge in [-0.3, -0.25) is 0 Å². The van der Waals surface area contributed by atoms with Crippen molar-refractivity contribution < 1.29 is 13.2 Å². The maximum absolute atomic E-state index is 12.0. The van der Waals surface area contributed by atoms with Gasteiger partial charge in [0, 0.05) is 12.5 Å². The quantitative estimate of drug-likeness (QED) is 0.821. The number of alkyl halides is 3. The van der Waals surface area contributed by atoms with Crippen molar-refractivity contribution in [3.05, 3.63) is 35.4 Å². The normalized spacial score (nSPS) is 13.6. The van der Waals surface area contributed by atoms with Gasteiger partial charge < -0.3 is 5.73 Å². The van der Waals surface area contributed by atoms with Gasteiger partial charge in [-0.15, -0.1) is 0 Å². The van der Waals surface area contributed by atoms with Gasteiger partial charge >= 0.3 is 6.18 Å². The first-order valence-corrected chi connectivity index (χ1v) is 6.25. The minimum Gasteiger partial charge on any atom is -0.328 e. The summed E-state index contributed by atoms with van der Waals surface area (Å²) in [6.45, 7) is 2.02. The number of halogens is 3. The Bertz CT molecular complexity index is 360. The van der Waals surface area contributed by atoms with Crippen LogP contribution in [0.25, 0.3) is 0 Å². The highest BCUT2D eigenvalue weighted by molar-refractivity contribution is 5.22. The van der Waals surface area contributed by atoms with Crippen molar-refractivity contribution in [1.29, 1.82) is 0 Å². The first kappa shape index (κ1) is 15.0. The Kier molecular flexibility index (Phi) is 5.66. The zero-order chi connectivity index (χ0) is 13.6. The summed E-state index contributed by atoms with van der Waals surface area (Å²) < 4.78 is 35.9. The number of nitrogens with two attached hydrogens (primary N) is 1. The molecular weight excluding hydrogens is 239 g/mol. The van der Waals surface area contributed by atoms with Crippen LogP contribution in [0.5, 0.6) is 0 Å². The lowest BCUT2D eigenvalue weighted by molar-refractivity contribution is -0.135. The zero-order valence-corrected chi connectivity index (χ0v) is 10.6. The van der Waals surface area contributed by atoms with E-state index in [4.69, 9.17) is 5.73 Å². The van der Waals surface area contributed by atoms with Gasteiger partial charge in [0.1, 0.15) is 0 Å². The molecule has 1 rings (SSSR count). The summed E-state index contributed by atoms with van der Waals surface area (Å²) in [4.78, 5) is 0. The summed E-state index contributed by atoms with van der Waals surface area (Å²) in [5.41, 5.74) is 8.21. The Labute approximate surface area is 106 Å². The van der Waals surface area contributed by atoms with Gasteiger partial charge in [0.2, 0.25) is 0 Å².